The van der Waals surface area contributed by atoms with Gasteiger partial charge in [0.1, 0.15) is 5.41 Å². The third kappa shape index (κ3) is 1.90. The van der Waals surface area contributed by atoms with E-state index in [9.17, 15) is 5.26 Å². The molecular weight excluding hydrogens is 236 g/mol. The SMILES string of the molecule is Cc1ccc2cc(C(N)C3(C#N)COC3)ccc2c1. The molecule has 0 aliphatic carbocycles. The molecule has 1 aliphatic rings. The number of aryl methyl sites for hydroxylation is 1. The summed E-state index contributed by atoms with van der Waals surface area (Å²) in [6.07, 6.45) is 0. The van der Waals surface area contributed by atoms with Crippen LogP contribution in [0.1, 0.15) is 17.2 Å². The molecule has 1 fully saturated rings. The highest BCUT2D eigenvalue weighted by atomic mass is 16.5. The summed E-state index contributed by atoms with van der Waals surface area (Å²) >= 11 is 0. The van der Waals surface area contributed by atoms with Gasteiger partial charge in [-0.2, -0.15) is 5.26 Å². The fourth-order valence-corrected chi connectivity index (χ4v) is 2.53. The number of fused-ring (bicyclic) bond motifs is 1. The monoisotopic (exact) mass is 252 g/mol. The maximum absolute atomic E-state index is 9.31. The number of rotatable bonds is 2. The van der Waals surface area contributed by atoms with E-state index in [1.54, 1.807) is 0 Å². The van der Waals surface area contributed by atoms with Crippen molar-refractivity contribution in [1.82, 2.24) is 0 Å². The van der Waals surface area contributed by atoms with Crippen LogP contribution in [0.5, 0.6) is 0 Å². The molecule has 1 unspecified atom stereocenters. The van der Waals surface area contributed by atoms with Gasteiger partial charge in [-0.05, 0) is 29.3 Å². The van der Waals surface area contributed by atoms with E-state index in [0.717, 1.165) is 10.9 Å². The zero-order chi connectivity index (χ0) is 13.5. The van der Waals surface area contributed by atoms with Crippen LogP contribution in [0.25, 0.3) is 10.8 Å². The van der Waals surface area contributed by atoms with Gasteiger partial charge in [0.2, 0.25) is 0 Å². The lowest BCUT2D eigenvalue weighted by atomic mass is 9.77. The molecule has 2 N–H and O–H groups in total. The third-order valence-corrected chi connectivity index (χ3v) is 3.92. The number of hydrogen-bond donors (Lipinski definition) is 1. The Morgan fingerprint density at radius 1 is 1.21 bits per heavy atom. The number of benzene rings is 2. The summed E-state index contributed by atoms with van der Waals surface area (Å²) < 4.78 is 5.17. The van der Waals surface area contributed by atoms with Crippen LogP contribution in [-0.2, 0) is 4.74 Å². The average molecular weight is 252 g/mol. The molecule has 0 bridgehead atoms. The predicted octanol–water partition coefficient (Wildman–Crippen LogP) is 2.69. The second-order valence-electron chi connectivity index (χ2n) is 5.35. The molecule has 3 nitrogen and oxygen atoms in total. The highest BCUT2D eigenvalue weighted by molar-refractivity contribution is 5.83. The van der Waals surface area contributed by atoms with Crippen LogP contribution in [-0.4, -0.2) is 13.2 Å². The number of nitriles is 1. The van der Waals surface area contributed by atoms with Crippen molar-refractivity contribution < 1.29 is 4.74 Å². The minimum absolute atomic E-state index is 0.294. The van der Waals surface area contributed by atoms with Crippen LogP contribution >= 0.6 is 0 Å². The van der Waals surface area contributed by atoms with E-state index >= 15 is 0 Å². The zero-order valence-corrected chi connectivity index (χ0v) is 10.9. The maximum atomic E-state index is 9.31. The Bertz CT molecular complexity index is 668. The lowest BCUT2D eigenvalue weighted by molar-refractivity contribution is -0.0910. The maximum Gasteiger partial charge on any atom is 0.123 e. The van der Waals surface area contributed by atoms with Crippen LogP contribution in [0.4, 0.5) is 0 Å². The molecule has 3 rings (SSSR count). The van der Waals surface area contributed by atoms with Gasteiger partial charge in [0.05, 0.1) is 25.3 Å². The first kappa shape index (κ1) is 12.2. The molecule has 3 heteroatoms. The van der Waals surface area contributed by atoms with Crippen molar-refractivity contribution >= 4 is 10.8 Å². The van der Waals surface area contributed by atoms with Crippen molar-refractivity contribution in [2.75, 3.05) is 13.2 Å². The Balaban J connectivity index is 2.02. The first-order chi connectivity index (χ1) is 9.14. The molecule has 0 aromatic heterocycles. The van der Waals surface area contributed by atoms with Gasteiger partial charge in [0.25, 0.3) is 0 Å². The summed E-state index contributed by atoms with van der Waals surface area (Å²) in [5.74, 6) is 0. The number of ether oxygens (including phenoxy) is 1. The van der Waals surface area contributed by atoms with Crippen molar-refractivity contribution in [3.63, 3.8) is 0 Å². The van der Waals surface area contributed by atoms with E-state index < -0.39 is 5.41 Å². The van der Waals surface area contributed by atoms with Gasteiger partial charge in [0, 0.05) is 0 Å². The van der Waals surface area contributed by atoms with Crippen LogP contribution in [0.3, 0.4) is 0 Å². The standard InChI is InChI=1S/C16H16N2O/c1-11-2-3-13-7-14(5-4-12(13)6-11)15(18)16(8-17)9-19-10-16/h2-7,15H,9-10,18H2,1H3. The van der Waals surface area contributed by atoms with Gasteiger partial charge >= 0.3 is 0 Å². The Labute approximate surface area is 112 Å². The number of nitrogens with two attached hydrogens (primary N) is 1. The summed E-state index contributed by atoms with van der Waals surface area (Å²) in [6, 6.07) is 14.5. The van der Waals surface area contributed by atoms with E-state index in [2.05, 4.69) is 43.3 Å². The minimum atomic E-state index is -0.557. The quantitative estimate of drug-likeness (QED) is 0.894. The molecule has 2 aromatic rings. The number of nitrogens with zero attached hydrogens (tertiary/aromatic N) is 1. The van der Waals surface area contributed by atoms with E-state index in [0.29, 0.717) is 13.2 Å². The topological polar surface area (TPSA) is 59.0 Å². The Morgan fingerprint density at radius 2 is 1.89 bits per heavy atom. The minimum Gasteiger partial charge on any atom is -0.378 e. The van der Waals surface area contributed by atoms with Crippen molar-refractivity contribution in [2.24, 2.45) is 11.1 Å². The first-order valence-corrected chi connectivity index (χ1v) is 6.39. The molecule has 0 radical (unpaired) electrons. The fourth-order valence-electron chi connectivity index (χ4n) is 2.53. The van der Waals surface area contributed by atoms with Gasteiger partial charge in [-0.1, -0.05) is 35.9 Å². The molecule has 0 saturated carbocycles. The van der Waals surface area contributed by atoms with Gasteiger partial charge in [0.15, 0.2) is 0 Å². The highest BCUT2D eigenvalue weighted by Crippen LogP contribution is 2.39. The van der Waals surface area contributed by atoms with Crippen LogP contribution < -0.4 is 5.73 Å². The molecule has 2 aromatic carbocycles. The molecule has 0 spiro atoms. The molecule has 1 aliphatic heterocycles. The highest BCUT2D eigenvalue weighted by Gasteiger charge is 2.45. The van der Waals surface area contributed by atoms with Crippen molar-refractivity contribution in [2.45, 2.75) is 13.0 Å². The smallest absolute Gasteiger partial charge is 0.123 e. The Kier molecular flexibility index (Phi) is 2.78. The van der Waals surface area contributed by atoms with Crippen molar-refractivity contribution in [3.8, 4) is 6.07 Å². The number of hydrogen-bond acceptors (Lipinski definition) is 3. The van der Waals surface area contributed by atoms with Gasteiger partial charge < -0.3 is 10.5 Å². The molecule has 1 saturated heterocycles. The zero-order valence-electron chi connectivity index (χ0n) is 10.9. The van der Waals surface area contributed by atoms with E-state index in [4.69, 9.17) is 10.5 Å². The fraction of sp³-hybridized carbons (Fsp3) is 0.312. The summed E-state index contributed by atoms with van der Waals surface area (Å²) in [4.78, 5) is 0. The molecule has 1 atom stereocenters. The predicted molar refractivity (Wildman–Crippen MR) is 74.5 cm³/mol. The summed E-state index contributed by atoms with van der Waals surface area (Å²) in [5, 5.41) is 11.7. The van der Waals surface area contributed by atoms with Crippen LogP contribution in [0.15, 0.2) is 36.4 Å². The largest absolute Gasteiger partial charge is 0.378 e. The second kappa shape index (κ2) is 4.34. The second-order valence-corrected chi connectivity index (χ2v) is 5.35. The van der Waals surface area contributed by atoms with E-state index in [1.165, 1.54) is 10.9 Å². The van der Waals surface area contributed by atoms with Gasteiger partial charge in [-0.15, -0.1) is 0 Å². The molecular formula is C16H16N2O. The van der Waals surface area contributed by atoms with Crippen molar-refractivity contribution in [3.05, 3.63) is 47.5 Å². The Morgan fingerprint density at radius 3 is 2.53 bits per heavy atom. The molecule has 96 valence electrons. The summed E-state index contributed by atoms with van der Waals surface area (Å²) in [6.45, 7) is 2.93. The molecule has 19 heavy (non-hydrogen) atoms. The van der Waals surface area contributed by atoms with Gasteiger partial charge in [-0.25, -0.2) is 0 Å². The van der Waals surface area contributed by atoms with Gasteiger partial charge in [-0.3, -0.25) is 0 Å². The van der Waals surface area contributed by atoms with Crippen molar-refractivity contribution in [1.29, 1.82) is 5.26 Å². The van der Waals surface area contributed by atoms with Crippen LogP contribution in [0, 0.1) is 23.7 Å². The lowest BCUT2D eigenvalue weighted by Crippen LogP contribution is -2.49. The third-order valence-electron chi connectivity index (χ3n) is 3.92. The first-order valence-electron chi connectivity index (χ1n) is 6.39. The lowest BCUT2D eigenvalue weighted by Gasteiger charge is -2.39. The normalized spacial score (nSPS) is 18.6. The van der Waals surface area contributed by atoms with E-state index in [-0.39, 0.29) is 6.04 Å². The summed E-state index contributed by atoms with van der Waals surface area (Å²) in [5.41, 5.74) is 7.95. The average Bonchev–Trinajstić information content (AvgIpc) is 2.37. The van der Waals surface area contributed by atoms with E-state index in [1.807, 2.05) is 6.07 Å². The molecule has 0 amide bonds. The summed E-state index contributed by atoms with van der Waals surface area (Å²) in [7, 11) is 0. The van der Waals surface area contributed by atoms with Crippen LogP contribution in [0.2, 0.25) is 0 Å². The Hall–Kier alpha value is -1.89. The molecule has 1 heterocycles.